The lowest BCUT2D eigenvalue weighted by atomic mass is 9.49. The minimum atomic E-state index is -4.50. The lowest BCUT2D eigenvalue weighted by Crippen LogP contribution is -2.57. The number of rotatable bonds is 7. The minimum Gasteiger partial charge on any atom is -0.497 e. The molecule has 2 aromatic rings. The number of halogens is 3. The predicted molar refractivity (Wildman–Crippen MR) is 133 cm³/mol. The standard InChI is InChI=1S/C30H34F3NO3/c1-36-23-8-6-22(7-9-23)28(25-4-2-3-5-26(25)30(31,32)33)37-24-17-34(18-24)27(35)16-29-13-19-10-20(14-29)12-21(11-19)15-29/h2-9,19-21,24,28H,10-18H2,1H3. The molecule has 4 bridgehead atoms. The second-order valence-corrected chi connectivity index (χ2v) is 11.9. The lowest BCUT2D eigenvalue weighted by Gasteiger charge is -2.57. The Hall–Kier alpha value is -2.54. The third kappa shape index (κ3) is 4.87. The van der Waals surface area contributed by atoms with Gasteiger partial charge in [-0.3, -0.25) is 4.79 Å². The van der Waals surface area contributed by atoms with Crippen molar-refractivity contribution >= 4 is 5.91 Å². The molecule has 0 spiro atoms. The maximum absolute atomic E-state index is 13.9. The summed E-state index contributed by atoms with van der Waals surface area (Å²) < 4.78 is 53.1. The number of hydrogen-bond donors (Lipinski definition) is 0. The molecule has 4 saturated carbocycles. The first-order chi connectivity index (χ1) is 17.7. The fourth-order valence-electron chi connectivity index (χ4n) is 7.95. The number of nitrogens with zero attached hydrogens (tertiary/aromatic N) is 1. The number of carbonyl (C=O) groups excluding carboxylic acids is 1. The molecule has 1 unspecified atom stereocenters. The van der Waals surface area contributed by atoms with E-state index in [-0.39, 0.29) is 23.0 Å². The van der Waals surface area contributed by atoms with Crippen molar-refractivity contribution < 1.29 is 27.4 Å². The van der Waals surface area contributed by atoms with Crippen LogP contribution in [0.1, 0.15) is 67.7 Å². The third-order valence-electron chi connectivity index (χ3n) is 9.19. The Morgan fingerprint density at radius 1 is 0.973 bits per heavy atom. The van der Waals surface area contributed by atoms with Crippen LogP contribution in [0.2, 0.25) is 0 Å². The van der Waals surface area contributed by atoms with Gasteiger partial charge in [-0.2, -0.15) is 13.2 Å². The molecule has 4 nitrogen and oxygen atoms in total. The molecule has 5 aliphatic rings. The van der Waals surface area contributed by atoms with Crippen LogP contribution >= 0.6 is 0 Å². The minimum absolute atomic E-state index is 0.0820. The second-order valence-electron chi connectivity index (χ2n) is 11.9. The molecule has 1 aliphatic heterocycles. The quantitative estimate of drug-likeness (QED) is 0.417. The largest absolute Gasteiger partial charge is 0.497 e. The van der Waals surface area contributed by atoms with Crippen LogP contribution in [0.15, 0.2) is 48.5 Å². The van der Waals surface area contributed by atoms with Crippen LogP contribution in [0.25, 0.3) is 0 Å². The van der Waals surface area contributed by atoms with E-state index < -0.39 is 17.8 Å². The highest BCUT2D eigenvalue weighted by Gasteiger charge is 2.52. The van der Waals surface area contributed by atoms with Gasteiger partial charge < -0.3 is 14.4 Å². The molecule has 198 valence electrons. The lowest BCUT2D eigenvalue weighted by molar-refractivity contribution is -0.156. The predicted octanol–water partition coefficient (Wildman–Crippen LogP) is 6.64. The zero-order valence-corrected chi connectivity index (χ0v) is 21.2. The van der Waals surface area contributed by atoms with E-state index in [9.17, 15) is 18.0 Å². The average molecular weight is 514 g/mol. The van der Waals surface area contributed by atoms with Gasteiger partial charge in [0.25, 0.3) is 0 Å². The molecule has 0 radical (unpaired) electrons. The SMILES string of the molecule is COc1ccc(C(OC2CN(C(=O)CC34CC5CC(CC(C5)C3)C4)C2)c2ccccc2C(F)(F)F)cc1. The summed E-state index contributed by atoms with van der Waals surface area (Å²) in [6.07, 6.45) is 2.51. The Labute approximate surface area is 216 Å². The molecule has 1 heterocycles. The topological polar surface area (TPSA) is 38.8 Å². The van der Waals surface area contributed by atoms with E-state index in [1.807, 2.05) is 4.90 Å². The van der Waals surface area contributed by atoms with E-state index in [0.29, 0.717) is 30.8 Å². The van der Waals surface area contributed by atoms with Gasteiger partial charge in [0.05, 0.1) is 18.8 Å². The van der Waals surface area contributed by atoms with Crippen LogP contribution in [0, 0.1) is 23.2 Å². The fraction of sp³-hybridized carbons (Fsp3) is 0.567. The van der Waals surface area contributed by atoms with E-state index in [1.165, 1.54) is 50.7 Å². The van der Waals surface area contributed by atoms with Crippen LogP contribution in [0.3, 0.4) is 0 Å². The highest BCUT2D eigenvalue weighted by molar-refractivity contribution is 5.78. The van der Waals surface area contributed by atoms with Gasteiger partial charge in [0.15, 0.2) is 0 Å². The van der Waals surface area contributed by atoms with Gasteiger partial charge in [-0.15, -0.1) is 0 Å². The van der Waals surface area contributed by atoms with Gasteiger partial charge in [-0.25, -0.2) is 0 Å². The molecule has 1 saturated heterocycles. The first-order valence-electron chi connectivity index (χ1n) is 13.4. The summed E-state index contributed by atoms with van der Waals surface area (Å²) >= 11 is 0. The van der Waals surface area contributed by atoms with E-state index >= 15 is 0 Å². The summed E-state index contributed by atoms with van der Waals surface area (Å²) in [6.45, 7) is 0.845. The zero-order valence-electron chi connectivity index (χ0n) is 21.2. The molecule has 1 atom stereocenters. The molecule has 1 amide bonds. The summed E-state index contributed by atoms with van der Waals surface area (Å²) in [4.78, 5) is 15.1. The van der Waals surface area contributed by atoms with Crippen molar-refractivity contribution in [1.29, 1.82) is 0 Å². The van der Waals surface area contributed by atoms with Gasteiger partial charge in [0.1, 0.15) is 11.9 Å². The molecule has 5 fully saturated rings. The Balaban J connectivity index is 1.15. The number of alkyl halides is 3. The molecule has 2 aromatic carbocycles. The Kier molecular flexibility index (Phi) is 6.25. The van der Waals surface area contributed by atoms with Gasteiger partial charge in [0, 0.05) is 19.5 Å². The van der Waals surface area contributed by atoms with Crippen molar-refractivity contribution in [2.75, 3.05) is 20.2 Å². The number of methoxy groups -OCH3 is 1. The molecule has 0 N–H and O–H groups in total. The first kappa shape index (κ1) is 24.8. The fourth-order valence-corrected chi connectivity index (χ4v) is 7.95. The molecule has 4 aliphatic carbocycles. The number of carbonyl (C=O) groups is 1. The normalized spacial score (nSPS) is 29.7. The number of amides is 1. The zero-order chi connectivity index (χ0) is 25.8. The van der Waals surface area contributed by atoms with Crippen molar-refractivity contribution in [3.8, 4) is 5.75 Å². The smallest absolute Gasteiger partial charge is 0.416 e. The Morgan fingerprint density at radius 3 is 2.14 bits per heavy atom. The van der Waals surface area contributed by atoms with E-state index in [4.69, 9.17) is 9.47 Å². The van der Waals surface area contributed by atoms with Crippen molar-refractivity contribution in [2.24, 2.45) is 23.2 Å². The van der Waals surface area contributed by atoms with Crippen LogP contribution in [-0.2, 0) is 15.7 Å². The maximum Gasteiger partial charge on any atom is 0.416 e. The Bertz CT molecular complexity index is 1100. The first-order valence-corrected chi connectivity index (χ1v) is 13.4. The molecular weight excluding hydrogens is 479 g/mol. The molecule has 0 aromatic heterocycles. The summed E-state index contributed by atoms with van der Waals surface area (Å²) in [7, 11) is 1.55. The highest BCUT2D eigenvalue weighted by atomic mass is 19.4. The number of hydrogen-bond acceptors (Lipinski definition) is 3. The van der Waals surface area contributed by atoms with Gasteiger partial charge in [0.2, 0.25) is 5.91 Å². The van der Waals surface area contributed by atoms with Gasteiger partial charge in [-0.05, 0) is 91.0 Å². The molecule has 7 rings (SSSR count). The van der Waals surface area contributed by atoms with E-state index in [1.54, 1.807) is 37.4 Å². The summed E-state index contributed by atoms with van der Waals surface area (Å²) in [5.41, 5.74) is 0.175. The maximum atomic E-state index is 13.9. The monoisotopic (exact) mass is 513 g/mol. The van der Waals surface area contributed by atoms with E-state index in [2.05, 4.69) is 0 Å². The summed E-state index contributed by atoms with van der Waals surface area (Å²) in [5, 5.41) is 0. The van der Waals surface area contributed by atoms with E-state index in [0.717, 1.165) is 23.8 Å². The number of benzene rings is 2. The molecule has 37 heavy (non-hydrogen) atoms. The van der Waals surface area contributed by atoms with Crippen molar-refractivity contribution in [3.63, 3.8) is 0 Å². The van der Waals surface area contributed by atoms with Crippen molar-refractivity contribution in [1.82, 2.24) is 4.90 Å². The summed E-state index contributed by atoms with van der Waals surface area (Å²) in [5.74, 6) is 3.19. The van der Waals surface area contributed by atoms with Crippen LogP contribution < -0.4 is 4.74 Å². The molecular formula is C30H34F3NO3. The van der Waals surface area contributed by atoms with Crippen molar-refractivity contribution in [3.05, 3.63) is 65.2 Å². The van der Waals surface area contributed by atoms with Gasteiger partial charge in [-0.1, -0.05) is 30.3 Å². The third-order valence-corrected chi connectivity index (χ3v) is 9.19. The molecule has 7 heteroatoms. The summed E-state index contributed by atoms with van der Waals surface area (Å²) in [6, 6.07) is 12.5. The number of ether oxygens (including phenoxy) is 2. The van der Waals surface area contributed by atoms with Crippen molar-refractivity contribution in [2.45, 2.75) is 63.3 Å². The average Bonchev–Trinajstić information content (AvgIpc) is 2.82. The van der Waals surface area contributed by atoms with Crippen LogP contribution in [-0.4, -0.2) is 37.1 Å². The van der Waals surface area contributed by atoms with Crippen LogP contribution in [0.4, 0.5) is 13.2 Å². The second kappa shape index (κ2) is 9.33. The van der Waals surface area contributed by atoms with Gasteiger partial charge >= 0.3 is 6.18 Å². The van der Waals surface area contributed by atoms with Crippen LogP contribution in [0.5, 0.6) is 5.75 Å². The number of likely N-dealkylation sites (tertiary alicyclic amines) is 1. The Morgan fingerprint density at radius 2 is 1.57 bits per heavy atom. The highest BCUT2D eigenvalue weighted by Crippen LogP contribution is 2.61.